The minimum absolute atomic E-state index is 0.116. The van der Waals surface area contributed by atoms with E-state index in [0.717, 1.165) is 23.8 Å². The first-order valence-electron chi connectivity index (χ1n) is 7.19. The van der Waals surface area contributed by atoms with E-state index in [4.69, 9.17) is 0 Å². The van der Waals surface area contributed by atoms with E-state index in [9.17, 15) is 18.0 Å². The molecule has 4 nitrogen and oxygen atoms in total. The molecule has 1 aromatic heterocycles. The lowest BCUT2D eigenvalue weighted by Gasteiger charge is -2.25. The van der Waals surface area contributed by atoms with Gasteiger partial charge in [0, 0.05) is 31.4 Å². The van der Waals surface area contributed by atoms with Gasteiger partial charge in [0.1, 0.15) is 12.2 Å². The van der Waals surface area contributed by atoms with Crippen LogP contribution in [-0.4, -0.2) is 46.7 Å². The molecule has 2 aliphatic heterocycles. The maximum Gasteiger partial charge on any atom is 0.406 e. The van der Waals surface area contributed by atoms with Gasteiger partial charge in [-0.15, -0.1) is 0 Å². The SMILES string of the molecule is O=C(c1cccn1CC(F)(F)F)N1CCC2CCC(C1)N2. The second-order valence-corrected chi connectivity index (χ2v) is 5.81. The second-order valence-electron chi connectivity index (χ2n) is 5.81. The van der Waals surface area contributed by atoms with Crippen molar-refractivity contribution in [3.63, 3.8) is 0 Å². The Morgan fingerprint density at radius 3 is 2.81 bits per heavy atom. The van der Waals surface area contributed by atoms with E-state index in [1.807, 2.05) is 0 Å². The van der Waals surface area contributed by atoms with Crippen LogP contribution < -0.4 is 5.32 Å². The van der Waals surface area contributed by atoms with Gasteiger partial charge in [0.2, 0.25) is 0 Å². The third kappa shape index (κ3) is 3.23. The summed E-state index contributed by atoms with van der Waals surface area (Å²) >= 11 is 0. The standard InChI is InChI=1S/C14H18F3N3O/c15-14(16,17)9-20-6-1-2-12(20)13(21)19-7-5-10-3-4-11(8-19)18-10/h1-2,6,10-11,18H,3-5,7-9H2. The van der Waals surface area contributed by atoms with E-state index in [1.165, 1.54) is 18.3 Å². The van der Waals surface area contributed by atoms with Crippen molar-refractivity contribution in [2.45, 2.75) is 44.1 Å². The number of likely N-dealkylation sites (tertiary alicyclic amines) is 1. The molecule has 0 spiro atoms. The summed E-state index contributed by atoms with van der Waals surface area (Å²) in [5, 5.41) is 3.46. The number of nitrogens with zero attached hydrogens (tertiary/aromatic N) is 2. The van der Waals surface area contributed by atoms with Gasteiger partial charge in [-0.05, 0) is 31.4 Å². The van der Waals surface area contributed by atoms with Crippen LogP contribution in [0.25, 0.3) is 0 Å². The van der Waals surface area contributed by atoms with Crippen LogP contribution in [0.4, 0.5) is 13.2 Å². The number of carbonyl (C=O) groups excluding carboxylic acids is 1. The van der Waals surface area contributed by atoms with Crippen LogP contribution in [0.2, 0.25) is 0 Å². The van der Waals surface area contributed by atoms with Crippen LogP contribution >= 0.6 is 0 Å². The fourth-order valence-corrected chi connectivity index (χ4v) is 3.23. The van der Waals surface area contributed by atoms with E-state index in [2.05, 4.69) is 5.32 Å². The number of aromatic nitrogens is 1. The van der Waals surface area contributed by atoms with E-state index in [1.54, 1.807) is 4.90 Å². The molecule has 2 atom stereocenters. The number of rotatable bonds is 2. The number of halogens is 3. The van der Waals surface area contributed by atoms with Crippen molar-refractivity contribution in [3.8, 4) is 0 Å². The molecule has 7 heteroatoms. The van der Waals surface area contributed by atoms with Gasteiger partial charge in [0.15, 0.2) is 0 Å². The lowest BCUT2D eigenvalue weighted by atomic mass is 10.1. The molecule has 21 heavy (non-hydrogen) atoms. The Kier molecular flexibility index (Phi) is 3.69. The van der Waals surface area contributed by atoms with Crippen LogP contribution in [0.5, 0.6) is 0 Å². The number of nitrogens with one attached hydrogen (secondary N) is 1. The number of fused-ring (bicyclic) bond motifs is 2. The lowest BCUT2D eigenvalue weighted by molar-refractivity contribution is -0.140. The van der Waals surface area contributed by atoms with E-state index < -0.39 is 12.7 Å². The average Bonchev–Trinajstić information content (AvgIpc) is 2.93. The summed E-state index contributed by atoms with van der Waals surface area (Å²) in [7, 11) is 0. The van der Waals surface area contributed by atoms with Gasteiger partial charge < -0.3 is 14.8 Å². The Balaban J connectivity index is 1.74. The van der Waals surface area contributed by atoms with Crippen molar-refractivity contribution >= 4 is 5.91 Å². The Hall–Kier alpha value is -1.50. The maximum atomic E-state index is 12.5. The monoisotopic (exact) mass is 301 g/mol. The highest BCUT2D eigenvalue weighted by Crippen LogP contribution is 2.23. The molecule has 1 amide bonds. The summed E-state index contributed by atoms with van der Waals surface area (Å²) in [6, 6.07) is 3.66. The summed E-state index contributed by atoms with van der Waals surface area (Å²) in [4.78, 5) is 14.2. The van der Waals surface area contributed by atoms with Crippen molar-refractivity contribution in [1.29, 1.82) is 0 Å². The summed E-state index contributed by atoms with van der Waals surface area (Å²) in [6.07, 6.45) is -0.00617. The second kappa shape index (κ2) is 5.36. The molecule has 0 radical (unpaired) electrons. The van der Waals surface area contributed by atoms with Crippen LogP contribution in [-0.2, 0) is 6.54 Å². The summed E-state index contributed by atoms with van der Waals surface area (Å²) in [5.41, 5.74) is 0.116. The van der Waals surface area contributed by atoms with E-state index in [0.29, 0.717) is 19.1 Å². The van der Waals surface area contributed by atoms with Crippen molar-refractivity contribution in [3.05, 3.63) is 24.0 Å². The number of hydrogen-bond donors (Lipinski definition) is 1. The molecule has 1 aromatic rings. The third-order valence-electron chi connectivity index (χ3n) is 4.21. The first-order chi connectivity index (χ1) is 9.92. The molecule has 116 valence electrons. The number of hydrogen-bond acceptors (Lipinski definition) is 2. The van der Waals surface area contributed by atoms with Crippen LogP contribution in [0.15, 0.2) is 18.3 Å². The molecule has 0 aromatic carbocycles. The van der Waals surface area contributed by atoms with Crippen LogP contribution in [0, 0.1) is 0 Å². The molecule has 3 heterocycles. The van der Waals surface area contributed by atoms with Gasteiger partial charge in [0.05, 0.1) is 0 Å². The first kappa shape index (κ1) is 14.4. The lowest BCUT2D eigenvalue weighted by Crippen LogP contribution is -2.40. The van der Waals surface area contributed by atoms with E-state index in [-0.39, 0.29) is 17.6 Å². The Morgan fingerprint density at radius 2 is 2.05 bits per heavy atom. The fraction of sp³-hybridized carbons (Fsp3) is 0.643. The number of carbonyl (C=O) groups is 1. The molecule has 2 saturated heterocycles. The first-order valence-corrected chi connectivity index (χ1v) is 7.19. The zero-order valence-electron chi connectivity index (χ0n) is 11.6. The van der Waals surface area contributed by atoms with Gasteiger partial charge in [-0.3, -0.25) is 4.79 Å². The molecular weight excluding hydrogens is 283 g/mol. The summed E-state index contributed by atoms with van der Waals surface area (Å²) in [5.74, 6) is -0.307. The van der Waals surface area contributed by atoms with Gasteiger partial charge in [0.25, 0.3) is 5.91 Å². The van der Waals surface area contributed by atoms with E-state index >= 15 is 0 Å². The predicted molar refractivity (Wildman–Crippen MR) is 71.0 cm³/mol. The third-order valence-corrected chi connectivity index (χ3v) is 4.21. The zero-order chi connectivity index (χ0) is 15.0. The van der Waals surface area contributed by atoms with Gasteiger partial charge in [-0.2, -0.15) is 13.2 Å². The normalized spacial score (nSPS) is 26.0. The Morgan fingerprint density at radius 1 is 1.29 bits per heavy atom. The molecule has 1 N–H and O–H groups in total. The average molecular weight is 301 g/mol. The summed E-state index contributed by atoms with van der Waals surface area (Å²) < 4.78 is 38.6. The molecule has 2 bridgehead atoms. The maximum absolute atomic E-state index is 12.5. The molecule has 2 fully saturated rings. The van der Waals surface area contributed by atoms with Gasteiger partial charge >= 0.3 is 6.18 Å². The molecule has 0 aliphatic carbocycles. The van der Waals surface area contributed by atoms with Crippen molar-refractivity contribution in [2.75, 3.05) is 13.1 Å². The number of alkyl halides is 3. The van der Waals surface area contributed by atoms with Crippen molar-refractivity contribution in [2.24, 2.45) is 0 Å². The quantitative estimate of drug-likeness (QED) is 0.907. The highest BCUT2D eigenvalue weighted by Gasteiger charge is 2.34. The zero-order valence-corrected chi connectivity index (χ0v) is 11.6. The summed E-state index contributed by atoms with van der Waals surface area (Å²) in [6.45, 7) is 0.0515. The van der Waals surface area contributed by atoms with Crippen LogP contribution in [0.1, 0.15) is 29.8 Å². The Bertz CT molecular complexity index is 526. The van der Waals surface area contributed by atoms with Crippen LogP contribution in [0.3, 0.4) is 0 Å². The highest BCUT2D eigenvalue weighted by molar-refractivity contribution is 5.92. The van der Waals surface area contributed by atoms with Gasteiger partial charge in [-0.1, -0.05) is 0 Å². The predicted octanol–water partition coefficient (Wildman–Crippen LogP) is 2.02. The minimum atomic E-state index is -4.33. The largest absolute Gasteiger partial charge is 0.406 e. The van der Waals surface area contributed by atoms with Crippen molar-refractivity contribution < 1.29 is 18.0 Å². The topological polar surface area (TPSA) is 37.3 Å². The minimum Gasteiger partial charge on any atom is -0.336 e. The van der Waals surface area contributed by atoms with Crippen molar-refractivity contribution in [1.82, 2.24) is 14.8 Å². The molecule has 0 saturated carbocycles. The molecule has 3 rings (SSSR count). The number of amides is 1. The highest BCUT2D eigenvalue weighted by atomic mass is 19.4. The fourth-order valence-electron chi connectivity index (χ4n) is 3.23. The molecular formula is C14H18F3N3O. The molecule has 2 unspecified atom stereocenters. The Labute approximate surface area is 120 Å². The van der Waals surface area contributed by atoms with Gasteiger partial charge in [-0.25, -0.2) is 0 Å². The molecule has 2 aliphatic rings. The smallest absolute Gasteiger partial charge is 0.336 e.